The Balaban J connectivity index is 2.03. The first-order valence-corrected chi connectivity index (χ1v) is 8.05. The van der Waals surface area contributed by atoms with Crippen molar-refractivity contribution in [2.24, 2.45) is 0 Å². The third-order valence-electron chi connectivity index (χ3n) is 2.68. The highest BCUT2D eigenvalue weighted by atomic mass is 79.9. The minimum Gasteiger partial charge on any atom is -0.469 e. The normalized spacial score (nSPS) is 11.7. The lowest BCUT2D eigenvalue weighted by atomic mass is 10.2. The van der Waals surface area contributed by atoms with Crippen molar-refractivity contribution < 1.29 is 12.8 Å². The predicted octanol–water partition coefficient (Wildman–Crippen LogP) is 2.87. The third-order valence-corrected chi connectivity index (χ3v) is 5.03. The largest absolute Gasteiger partial charge is 0.469 e. The van der Waals surface area contributed by atoms with Crippen molar-refractivity contribution in [1.29, 1.82) is 0 Å². The van der Waals surface area contributed by atoms with E-state index in [0.29, 0.717) is 13.0 Å². The number of hydrogen-bond donors (Lipinski definition) is 1. The Morgan fingerprint density at radius 2 is 2.11 bits per heavy atom. The van der Waals surface area contributed by atoms with E-state index in [0.717, 1.165) is 15.8 Å². The van der Waals surface area contributed by atoms with Crippen molar-refractivity contribution in [2.45, 2.75) is 18.2 Å². The molecule has 1 heterocycles. The molecule has 1 aromatic carbocycles. The molecule has 0 aliphatic carbocycles. The van der Waals surface area contributed by atoms with Crippen LogP contribution in [0.25, 0.3) is 0 Å². The molecule has 1 N–H and O–H groups in total. The molecule has 0 aliphatic heterocycles. The van der Waals surface area contributed by atoms with E-state index >= 15 is 0 Å². The summed E-state index contributed by atoms with van der Waals surface area (Å²) in [5.74, 6) is 0.759. The number of benzene rings is 1. The van der Waals surface area contributed by atoms with Gasteiger partial charge in [-0.3, -0.25) is 0 Å². The molecule has 102 valence electrons. The highest BCUT2D eigenvalue weighted by Gasteiger charge is 2.14. The maximum atomic E-state index is 12.1. The molecule has 0 spiro atoms. The van der Waals surface area contributed by atoms with Crippen LogP contribution in [0.1, 0.15) is 11.3 Å². The lowest BCUT2D eigenvalue weighted by Crippen LogP contribution is -2.26. The zero-order valence-electron chi connectivity index (χ0n) is 10.4. The number of sulfonamides is 1. The van der Waals surface area contributed by atoms with E-state index in [1.54, 1.807) is 30.5 Å². The fraction of sp³-hybridized carbons (Fsp3) is 0.231. The van der Waals surface area contributed by atoms with E-state index in [1.165, 1.54) is 0 Å². The van der Waals surface area contributed by atoms with Crippen LogP contribution in [0.5, 0.6) is 0 Å². The van der Waals surface area contributed by atoms with Gasteiger partial charge in [-0.1, -0.05) is 15.9 Å². The van der Waals surface area contributed by atoms with E-state index in [1.807, 2.05) is 13.0 Å². The molecule has 0 saturated heterocycles. The zero-order chi connectivity index (χ0) is 13.9. The maximum Gasteiger partial charge on any atom is 0.240 e. The van der Waals surface area contributed by atoms with Gasteiger partial charge in [-0.25, -0.2) is 13.1 Å². The predicted molar refractivity (Wildman–Crippen MR) is 76.5 cm³/mol. The van der Waals surface area contributed by atoms with Crippen molar-refractivity contribution in [3.8, 4) is 0 Å². The Kier molecular flexibility index (Phi) is 4.44. The molecule has 0 saturated carbocycles. The van der Waals surface area contributed by atoms with Gasteiger partial charge in [-0.2, -0.15) is 0 Å². The summed E-state index contributed by atoms with van der Waals surface area (Å²) in [6, 6.07) is 8.54. The second-order valence-electron chi connectivity index (χ2n) is 4.14. The zero-order valence-corrected chi connectivity index (χ0v) is 12.8. The molecule has 0 radical (unpaired) electrons. The summed E-state index contributed by atoms with van der Waals surface area (Å²) in [5, 5.41) is 0. The number of furan rings is 1. The van der Waals surface area contributed by atoms with E-state index in [4.69, 9.17) is 4.42 Å². The van der Waals surface area contributed by atoms with Gasteiger partial charge in [0.2, 0.25) is 10.0 Å². The van der Waals surface area contributed by atoms with Crippen LogP contribution < -0.4 is 4.72 Å². The number of rotatable bonds is 5. The van der Waals surface area contributed by atoms with Crippen LogP contribution >= 0.6 is 15.9 Å². The van der Waals surface area contributed by atoms with Gasteiger partial charge in [-0.05, 0) is 42.8 Å². The Hall–Kier alpha value is -1.11. The Morgan fingerprint density at radius 3 is 2.74 bits per heavy atom. The molecule has 0 aliphatic rings. The number of halogens is 1. The van der Waals surface area contributed by atoms with Gasteiger partial charge in [0.25, 0.3) is 0 Å². The van der Waals surface area contributed by atoms with Crippen molar-refractivity contribution in [1.82, 2.24) is 4.72 Å². The molecule has 0 bridgehead atoms. The van der Waals surface area contributed by atoms with Crippen LogP contribution in [-0.2, 0) is 16.4 Å². The molecular weight excluding hydrogens is 330 g/mol. The third kappa shape index (κ3) is 3.68. The summed E-state index contributed by atoms with van der Waals surface area (Å²) < 4.78 is 32.7. The number of nitrogens with one attached hydrogen (secondary N) is 1. The number of hydrogen-bond acceptors (Lipinski definition) is 3. The smallest absolute Gasteiger partial charge is 0.240 e. The average Bonchev–Trinajstić information content (AvgIpc) is 2.85. The number of aryl methyl sites for hydroxylation is 1. The summed E-state index contributed by atoms with van der Waals surface area (Å²) in [6.45, 7) is 2.16. The van der Waals surface area contributed by atoms with Crippen LogP contribution in [0.3, 0.4) is 0 Å². The van der Waals surface area contributed by atoms with Crippen molar-refractivity contribution >= 4 is 26.0 Å². The van der Waals surface area contributed by atoms with Crippen molar-refractivity contribution in [3.63, 3.8) is 0 Å². The SMILES string of the molecule is Cc1cc(S(=O)(=O)NCCc2ccco2)ccc1Br. The van der Waals surface area contributed by atoms with Gasteiger partial charge in [0.1, 0.15) is 5.76 Å². The van der Waals surface area contributed by atoms with Crippen molar-refractivity contribution in [3.05, 3.63) is 52.4 Å². The van der Waals surface area contributed by atoms with Crippen LogP contribution in [0.4, 0.5) is 0 Å². The molecule has 0 unspecified atom stereocenters. The first kappa shape index (κ1) is 14.3. The molecule has 0 amide bonds. The highest BCUT2D eigenvalue weighted by Crippen LogP contribution is 2.19. The van der Waals surface area contributed by atoms with Crippen molar-refractivity contribution in [2.75, 3.05) is 6.54 Å². The fourth-order valence-electron chi connectivity index (χ4n) is 1.63. The van der Waals surface area contributed by atoms with Gasteiger partial charge in [-0.15, -0.1) is 0 Å². The van der Waals surface area contributed by atoms with Crippen LogP contribution in [-0.4, -0.2) is 15.0 Å². The van der Waals surface area contributed by atoms with Crippen LogP contribution in [0, 0.1) is 6.92 Å². The van der Waals surface area contributed by atoms with Crippen LogP contribution in [0.2, 0.25) is 0 Å². The topological polar surface area (TPSA) is 59.3 Å². The summed E-state index contributed by atoms with van der Waals surface area (Å²) in [6.07, 6.45) is 2.10. The Bertz CT molecular complexity index is 651. The lowest BCUT2D eigenvalue weighted by molar-refractivity contribution is 0.506. The van der Waals surface area contributed by atoms with E-state index in [2.05, 4.69) is 20.7 Å². The second kappa shape index (κ2) is 5.90. The maximum absolute atomic E-state index is 12.1. The summed E-state index contributed by atoms with van der Waals surface area (Å²) in [4.78, 5) is 0.271. The second-order valence-corrected chi connectivity index (χ2v) is 6.76. The average molecular weight is 344 g/mol. The first-order chi connectivity index (χ1) is 8.99. The minimum atomic E-state index is -3.47. The molecular formula is C13H14BrNO3S. The molecule has 4 nitrogen and oxygen atoms in total. The Morgan fingerprint density at radius 1 is 1.32 bits per heavy atom. The monoisotopic (exact) mass is 343 g/mol. The molecule has 0 atom stereocenters. The van der Waals surface area contributed by atoms with Gasteiger partial charge < -0.3 is 4.42 Å². The van der Waals surface area contributed by atoms with Gasteiger partial charge >= 0.3 is 0 Å². The highest BCUT2D eigenvalue weighted by molar-refractivity contribution is 9.10. The molecule has 1 aromatic heterocycles. The van der Waals surface area contributed by atoms with E-state index in [9.17, 15) is 8.42 Å². The molecule has 19 heavy (non-hydrogen) atoms. The molecule has 2 aromatic rings. The summed E-state index contributed by atoms with van der Waals surface area (Å²) in [5.41, 5.74) is 0.883. The van der Waals surface area contributed by atoms with E-state index < -0.39 is 10.0 Å². The van der Waals surface area contributed by atoms with Gasteiger partial charge in [0, 0.05) is 17.4 Å². The Labute approximate surface area is 121 Å². The fourth-order valence-corrected chi connectivity index (χ4v) is 2.99. The van der Waals surface area contributed by atoms with E-state index in [-0.39, 0.29) is 4.90 Å². The molecule has 0 fully saturated rings. The van der Waals surface area contributed by atoms with Gasteiger partial charge in [0.05, 0.1) is 11.2 Å². The lowest BCUT2D eigenvalue weighted by Gasteiger charge is -2.07. The van der Waals surface area contributed by atoms with Crippen LogP contribution in [0.15, 0.2) is 50.4 Å². The standard InChI is InChI=1S/C13H14BrNO3S/c1-10-9-12(4-5-13(10)14)19(16,17)15-7-6-11-3-2-8-18-11/h2-5,8-9,15H,6-7H2,1H3. The minimum absolute atomic E-state index is 0.271. The molecule has 6 heteroatoms. The summed E-state index contributed by atoms with van der Waals surface area (Å²) >= 11 is 3.35. The summed E-state index contributed by atoms with van der Waals surface area (Å²) in [7, 11) is -3.47. The van der Waals surface area contributed by atoms with Gasteiger partial charge in [0.15, 0.2) is 0 Å². The first-order valence-electron chi connectivity index (χ1n) is 5.77. The quantitative estimate of drug-likeness (QED) is 0.907. The molecule has 2 rings (SSSR count).